The van der Waals surface area contributed by atoms with E-state index in [1.807, 2.05) is 0 Å². The van der Waals surface area contributed by atoms with Crippen LogP contribution in [0.25, 0.3) is 0 Å². The van der Waals surface area contributed by atoms with Gasteiger partial charge in [0.05, 0.1) is 32.8 Å². The molecule has 2 fully saturated rings. The molecule has 2 saturated carbocycles. The third-order valence-corrected chi connectivity index (χ3v) is 7.77. The zero-order chi connectivity index (χ0) is 17.1. The van der Waals surface area contributed by atoms with E-state index in [0.717, 1.165) is 12.5 Å². The van der Waals surface area contributed by atoms with Crippen LogP contribution in [0.15, 0.2) is 0 Å². The van der Waals surface area contributed by atoms with Gasteiger partial charge in [0.15, 0.2) is 0 Å². The van der Waals surface area contributed by atoms with Gasteiger partial charge in [-0.1, -0.05) is 47.5 Å². The summed E-state index contributed by atoms with van der Waals surface area (Å²) >= 11 is 0. The van der Waals surface area contributed by atoms with E-state index in [-0.39, 0.29) is 0 Å². The predicted molar refractivity (Wildman–Crippen MR) is 99.6 cm³/mol. The second kappa shape index (κ2) is 7.44. The molecule has 2 aliphatic rings. The van der Waals surface area contributed by atoms with E-state index in [0.29, 0.717) is 16.9 Å². The third kappa shape index (κ3) is 3.79. The van der Waals surface area contributed by atoms with Crippen LogP contribution in [0, 0.1) is 16.7 Å². The molecule has 2 aliphatic carbocycles. The Balaban J connectivity index is 1.85. The quantitative estimate of drug-likeness (QED) is 0.498. The van der Waals surface area contributed by atoms with Crippen LogP contribution in [0.5, 0.6) is 0 Å². The average molecular weight is 325 g/mol. The van der Waals surface area contributed by atoms with Gasteiger partial charge >= 0.3 is 0 Å². The number of nitrogens with zero attached hydrogens (tertiary/aromatic N) is 1. The third-order valence-electron chi connectivity index (χ3n) is 7.77. The van der Waals surface area contributed by atoms with E-state index >= 15 is 0 Å². The lowest BCUT2D eigenvalue weighted by atomic mass is 9.70. The fourth-order valence-corrected chi connectivity index (χ4v) is 5.21. The molecule has 0 aliphatic heterocycles. The van der Waals surface area contributed by atoms with E-state index in [4.69, 9.17) is 4.74 Å². The zero-order valence-corrected chi connectivity index (χ0v) is 16.8. The summed E-state index contributed by atoms with van der Waals surface area (Å²) in [7, 11) is 2.45. The largest absolute Gasteiger partial charge is 0.372 e. The van der Waals surface area contributed by atoms with Gasteiger partial charge in [-0.25, -0.2) is 0 Å². The summed E-state index contributed by atoms with van der Waals surface area (Å²) in [4.78, 5) is 0. The summed E-state index contributed by atoms with van der Waals surface area (Å²) in [5.41, 5.74) is 0.883. The van der Waals surface area contributed by atoms with Crippen molar-refractivity contribution in [3.05, 3.63) is 0 Å². The number of quaternary nitrogens is 1. The van der Waals surface area contributed by atoms with Crippen LogP contribution in [0.1, 0.15) is 79.6 Å². The molecule has 0 radical (unpaired) electrons. The summed E-state index contributed by atoms with van der Waals surface area (Å²) in [6.07, 6.45) is 9.89. The van der Waals surface area contributed by atoms with Crippen molar-refractivity contribution >= 4 is 0 Å². The molecular formula is C21H42NO+. The molecule has 0 aromatic rings. The Bertz CT molecular complexity index is 370. The van der Waals surface area contributed by atoms with Crippen molar-refractivity contribution < 1.29 is 9.22 Å². The van der Waals surface area contributed by atoms with E-state index in [1.165, 1.54) is 69.1 Å². The van der Waals surface area contributed by atoms with Crippen molar-refractivity contribution in [2.75, 3.05) is 33.3 Å². The first-order chi connectivity index (χ1) is 10.8. The summed E-state index contributed by atoms with van der Waals surface area (Å²) in [6.45, 7) is 16.8. The van der Waals surface area contributed by atoms with Gasteiger partial charge in [0.2, 0.25) is 0 Å². The molecule has 3 atom stereocenters. The Kier molecular flexibility index (Phi) is 6.22. The molecule has 0 unspecified atom stereocenters. The van der Waals surface area contributed by atoms with Crippen LogP contribution in [0.2, 0.25) is 0 Å². The molecule has 23 heavy (non-hydrogen) atoms. The number of hydrogen-bond donors (Lipinski definition) is 0. The molecule has 0 spiro atoms. The fraction of sp³-hybridized carbons (Fsp3) is 1.00. The Labute approximate surface area is 145 Å². The topological polar surface area (TPSA) is 9.23 Å². The van der Waals surface area contributed by atoms with E-state index in [2.05, 4.69) is 41.7 Å². The van der Waals surface area contributed by atoms with Crippen LogP contribution in [-0.2, 0) is 4.74 Å². The Morgan fingerprint density at radius 3 is 2.04 bits per heavy atom. The summed E-state index contributed by atoms with van der Waals surface area (Å²) in [5.74, 6) is 0.888. The SMILES string of the molecule is CCCC[N+](C)(CCCC)CCO[C@H]1C[C@H]2CC[C@@]1(C)C2(C)C. The van der Waals surface area contributed by atoms with Crippen molar-refractivity contribution in [3.63, 3.8) is 0 Å². The highest BCUT2D eigenvalue weighted by Crippen LogP contribution is 2.66. The van der Waals surface area contributed by atoms with E-state index < -0.39 is 0 Å². The van der Waals surface area contributed by atoms with Crippen LogP contribution >= 0.6 is 0 Å². The monoisotopic (exact) mass is 324 g/mol. The number of hydrogen-bond acceptors (Lipinski definition) is 1. The van der Waals surface area contributed by atoms with Gasteiger partial charge in [-0.2, -0.15) is 0 Å². The van der Waals surface area contributed by atoms with Gasteiger partial charge < -0.3 is 9.22 Å². The maximum absolute atomic E-state index is 6.52. The smallest absolute Gasteiger partial charge is 0.102 e. The first-order valence-electron chi connectivity index (χ1n) is 10.2. The molecule has 136 valence electrons. The van der Waals surface area contributed by atoms with Gasteiger partial charge in [0.1, 0.15) is 6.54 Å². The van der Waals surface area contributed by atoms with Gasteiger partial charge in [0, 0.05) is 0 Å². The first kappa shape index (κ1) is 19.2. The van der Waals surface area contributed by atoms with E-state index in [1.54, 1.807) is 0 Å². The first-order valence-corrected chi connectivity index (χ1v) is 10.2. The highest BCUT2D eigenvalue weighted by atomic mass is 16.5. The standard InChI is InChI=1S/C21H42NO/c1-7-9-13-22(6,14-10-8-2)15-16-23-19-17-18-11-12-21(19,5)20(18,3)4/h18-19H,7-17H2,1-6H3/q+1/t18-,19+,21-/m1/s1. The van der Waals surface area contributed by atoms with Crippen molar-refractivity contribution in [1.29, 1.82) is 0 Å². The minimum Gasteiger partial charge on any atom is -0.372 e. The second-order valence-electron chi connectivity index (χ2n) is 9.47. The van der Waals surface area contributed by atoms with Crippen LogP contribution in [-0.4, -0.2) is 43.9 Å². The summed E-state index contributed by atoms with van der Waals surface area (Å²) in [5, 5.41) is 0. The van der Waals surface area contributed by atoms with Gasteiger partial charge in [0.25, 0.3) is 0 Å². The van der Waals surface area contributed by atoms with Gasteiger partial charge in [-0.05, 0) is 48.9 Å². The van der Waals surface area contributed by atoms with Crippen molar-refractivity contribution in [3.8, 4) is 0 Å². The maximum Gasteiger partial charge on any atom is 0.102 e. The van der Waals surface area contributed by atoms with Crippen LogP contribution < -0.4 is 0 Å². The Hall–Kier alpha value is -0.0800. The number of likely N-dealkylation sites (N-methyl/N-ethyl adjacent to an activating group) is 1. The minimum atomic E-state index is 0.411. The molecule has 0 aromatic carbocycles. The molecular weight excluding hydrogens is 282 g/mol. The fourth-order valence-electron chi connectivity index (χ4n) is 5.21. The number of rotatable bonds is 10. The molecule has 2 rings (SSSR count). The maximum atomic E-state index is 6.52. The summed E-state index contributed by atoms with van der Waals surface area (Å²) in [6, 6.07) is 0. The highest BCUT2D eigenvalue weighted by molar-refractivity contribution is 5.11. The minimum absolute atomic E-state index is 0.411. The second-order valence-corrected chi connectivity index (χ2v) is 9.47. The molecule has 0 heterocycles. The highest BCUT2D eigenvalue weighted by Gasteiger charge is 2.61. The lowest BCUT2D eigenvalue weighted by Gasteiger charge is -2.40. The molecule has 0 amide bonds. The van der Waals surface area contributed by atoms with Gasteiger partial charge in [-0.3, -0.25) is 0 Å². The lowest BCUT2D eigenvalue weighted by molar-refractivity contribution is -0.910. The zero-order valence-electron chi connectivity index (χ0n) is 16.8. The van der Waals surface area contributed by atoms with Crippen molar-refractivity contribution in [2.24, 2.45) is 16.7 Å². The summed E-state index contributed by atoms with van der Waals surface area (Å²) < 4.78 is 7.72. The number of ether oxygens (including phenoxy) is 1. The average Bonchev–Trinajstić information content (AvgIpc) is 2.84. The number of unbranched alkanes of at least 4 members (excludes halogenated alkanes) is 2. The molecule has 0 N–H and O–H groups in total. The van der Waals surface area contributed by atoms with Gasteiger partial charge in [-0.15, -0.1) is 0 Å². The predicted octanol–water partition coefficient (Wildman–Crippen LogP) is 5.26. The van der Waals surface area contributed by atoms with E-state index in [9.17, 15) is 0 Å². The van der Waals surface area contributed by atoms with Crippen molar-refractivity contribution in [1.82, 2.24) is 0 Å². The van der Waals surface area contributed by atoms with Crippen LogP contribution in [0.4, 0.5) is 0 Å². The van der Waals surface area contributed by atoms with Crippen LogP contribution in [0.3, 0.4) is 0 Å². The number of fused-ring (bicyclic) bond motifs is 2. The Morgan fingerprint density at radius 1 is 1.00 bits per heavy atom. The Morgan fingerprint density at radius 2 is 1.61 bits per heavy atom. The molecule has 2 nitrogen and oxygen atoms in total. The molecule has 0 aromatic heterocycles. The van der Waals surface area contributed by atoms with Crippen molar-refractivity contribution in [2.45, 2.75) is 85.7 Å². The molecule has 2 heteroatoms. The lowest BCUT2D eigenvalue weighted by Crippen LogP contribution is -2.48. The normalized spacial score (nSPS) is 32.6. The molecule has 0 saturated heterocycles. The molecule has 2 bridgehead atoms.